The van der Waals surface area contributed by atoms with Gasteiger partial charge in [0.15, 0.2) is 0 Å². The van der Waals surface area contributed by atoms with Gasteiger partial charge in [-0.15, -0.1) is 0 Å². The molecule has 11 heteroatoms. The van der Waals surface area contributed by atoms with Crippen molar-refractivity contribution in [3.05, 3.63) is 0 Å². The third-order valence-corrected chi connectivity index (χ3v) is 11.2. The van der Waals surface area contributed by atoms with Gasteiger partial charge < -0.3 is 37.2 Å². The molecule has 7 N–H and O–H groups in total. The molecule has 240 valence electrons. The van der Waals surface area contributed by atoms with E-state index in [4.69, 9.17) is 11.5 Å². The Morgan fingerprint density at radius 2 is 1.64 bits per heavy atom. The zero-order valence-electron chi connectivity index (χ0n) is 25.9. The zero-order chi connectivity index (χ0) is 29.7. The van der Waals surface area contributed by atoms with Gasteiger partial charge in [0.25, 0.3) is 0 Å². The van der Waals surface area contributed by atoms with Crippen molar-refractivity contribution >= 4 is 11.8 Å². The third kappa shape index (κ3) is 7.82. The van der Waals surface area contributed by atoms with Crippen LogP contribution in [0.4, 0.5) is 4.39 Å². The van der Waals surface area contributed by atoms with Crippen molar-refractivity contribution in [2.24, 2.45) is 28.7 Å². The molecule has 0 aromatic rings. The van der Waals surface area contributed by atoms with E-state index in [2.05, 4.69) is 37.7 Å². The molecular formula is C31H57FN8O2. The number of piperidine rings is 2. The highest BCUT2D eigenvalue weighted by Gasteiger charge is 2.43. The van der Waals surface area contributed by atoms with E-state index in [0.717, 1.165) is 90.8 Å². The van der Waals surface area contributed by atoms with Crippen LogP contribution in [0, 0.1) is 17.3 Å². The van der Waals surface area contributed by atoms with Crippen molar-refractivity contribution in [3.63, 3.8) is 0 Å². The number of carbonyl (C=O) groups excluding carboxylic acids is 2. The van der Waals surface area contributed by atoms with Crippen LogP contribution in [0.2, 0.25) is 0 Å². The highest BCUT2D eigenvalue weighted by atomic mass is 19.1. The number of likely N-dealkylation sites (tertiary alicyclic amines) is 1. The van der Waals surface area contributed by atoms with Crippen LogP contribution in [-0.2, 0) is 9.59 Å². The summed E-state index contributed by atoms with van der Waals surface area (Å²) < 4.78 is 14.8. The van der Waals surface area contributed by atoms with E-state index >= 15 is 0 Å². The smallest absolute Gasteiger partial charge is 0.227 e. The maximum atomic E-state index is 14.8. The number of amides is 2. The van der Waals surface area contributed by atoms with Gasteiger partial charge >= 0.3 is 0 Å². The van der Waals surface area contributed by atoms with Gasteiger partial charge in [0.05, 0.1) is 18.1 Å². The van der Waals surface area contributed by atoms with Crippen LogP contribution in [0.15, 0.2) is 0 Å². The summed E-state index contributed by atoms with van der Waals surface area (Å²) in [6.07, 6.45) is 8.97. The number of piperazine rings is 1. The first-order chi connectivity index (χ1) is 20.2. The molecule has 42 heavy (non-hydrogen) atoms. The number of nitrogens with one attached hydrogen (secondary N) is 3. The summed E-state index contributed by atoms with van der Waals surface area (Å²) in [5, 5.41) is 10.2. The van der Waals surface area contributed by atoms with Crippen molar-refractivity contribution < 1.29 is 14.0 Å². The fraction of sp³-hybridized carbons (Fsp3) is 0.935. The molecule has 0 radical (unpaired) electrons. The highest BCUT2D eigenvalue weighted by molar-refractivity contribution is 5.80. The fourth-order valence-corrected chi connectivity index (χ4v) is 8.59. The molecule has 5 rings (SSSR count). The SMILES string of the molecule is CN1CCN(C(=O)C2CCN(C3CCNCC3NC(=O)C(C(N)N)C3CC4(CCCCC4)CCC(F)CN3)CC2)CC1. The van der Waals surface area contributed by atoms with Gasteiger partial charge in [-0.2, -0.15) is 0 Å². The van der Waals surface area contributed by atoms with Crippen LogP contribution >= 0.6 is 0 Å². The molecule has 5 aliphatic rings. The number of hydrogen-bond acceptors (Lipinski definition) is 8. The topological polar surface area (TPSA) is 132 Å². The first-order valence-corrected chi connectivity index (χ1v) is 16.9. The number of halogens is 1. The Balaban J connectivity index is 1.21. The monoisotopic (exact) mass is 592 g/mol. The molecule has 4 heterocycles. The van der Waals surface area contributed by atoms with Crippen molar-refractivity contribution in [3.8, 4) is 0 Å². The second-order valence-electron chi connectivity index (χ2n) is 14.1. The summed E-state index contributed by atoms with van der Waals surface area (Å²) in [6, 6.07) is -0.105. The zero-order valence-corrected chi connectivity index (χ0v) is 25.9. The van der Waals surface area contributed by atoms with E-state index in [9.17, 15) is 14.0 Å². The lowest BCUT2D eigenvalue weighted by atomic mass is 9.65. The maximum Gasteiger partial charge on any atom is 0.227 e. The van der Waals surface area contributed by atoms with Gasteiger partial charge in [-0.05, 0) is 83.5 Å². The molecule has 4 saturated heterocycles. The molecule has 2 amide bonds. The van der Waals surface area contributed by atoms with E-state index in [-0.39, 0.29) is 41.9 Å². The van der Waals surface area contributed by atoms with Crippen molar-refractivity contribution in [1.29, 1.82) is 0 Å². The van der Waals surface area contributed by atoms with Crippen molar-refractivity contribution in [2.75, 3.05) is 66.0 Å². The first kappa shape index (κ1) is 32.0. The van der Waals surface area contributed by atoms with Crippen LogP contribution in [0.25, 0.3) is 0 Å². The second-order valence-corrected chi connectivity index (χ2v) is 14.1. The summed E-state index contributed by atoms with van der Waals surface area (Å²) >= 11 is 0. The van der Waals surface area contributed by atoms with Crippen LogP contribution in [0.1, 0.15) is 70.6 Å². The van der Waals surface area contributed by atoms with Crippen molar-refractivity contribution in [1.82, 2.24) is 30.7 Å². The molecular weight excluding hydrogens is 535 g/mol. The van der Waals surface area contributed by atoms with Crippen LogP contribution < -0.4 is 27.4 Å². The molecule has 10 nitrogen and oxygen atoms in total. The lowest BCUT2D eigenvalue weighted by Gasteiger charge is -2.46. The standard InChI is InChI=1S/C31H57FN8O2/c1-38-15-17-40(18-16-38)30(42)22-7-13-39(14-8-22)26-6-12-35-21-25(26)37-29(41)27(28(33)34)24-19-31(9-3-2-4-10-31)11-5-23(32)20-36-24/h22-28,35-36H,2-21,33-34H2,1H3,(H,37,41). The third-order valence-electron chi connectivity index (χ3n) is 11.2. The Labute approximate surface area is 252 Å². The lowest BCUT2D eigenvalue weighted by molar-refractivity contribution is -0.139. The molecule has 1 saturated carbocycles. The summed E-state index contributed by atoms with van der Waals surface area (Å²) in [7, 11) is 2.11. The summed E-state index contributed by atoms with van der Waals surface area (Å²) in [6.45, 7) is 7.11. The highest BCUT2D eigenvalue weighted by Crippen LogP contribution is 2.46. The molecule has 0 bridgehead atoms. The average molecular weight is 593 g/mol. The van der Waals surface area contributed by atoms with Gasteiger partial charge in [-0.3, -0.25) is 14.5 Å². The van der Waals surface area contributed by atoms with Crippen LogP contribution in [0.5, 0.6) is 0 Å². The molecule has 0 aromatic carbocycles. The fourth-order valence-electron chi connectivity index (χ4n) is 8.59. The van der Waals surface area contributed by atoms with Gasteiger partial charge in [-0.25, -0.2) is 4.39 Å². The molecule has 4 aliphatic heterocycles. The number of hydrogen-bond donors (Lipinski definition) is 5. The van der Waals surface area contributed by atoms with Crippen LogP contribution in [0.3, 0.4) is 0 Å². The predicted molar refractivity (Wildman–Crippen MR) is 163 cm³/mol. The minimum absolute atomic E-state index is 0.0644. The Hall–Kier alpha value is -1.37. The summed E-state index contributed by atoms with van der Waals surface area (Å²) in [4.78, 5) is 34.0. The molecule has 0 aromatic heterocycles. The van der Waals surface area contributed by atoms with E-state index in [1.807, 2.05) is 0 Å². The average Bonchev–Trinajstić information content (AvgIpc) is 2.99. The predicted octanol–water partition coefficient (Wildman–Crippen LogP) is 0.610. The van der Waals surface area contributed by atoms with Crippen molar-refractivity contribution in [2.45, 2.75) is 101 Å². The van der Waals surface area contributed by atoms with Gasteiger partial charge in [0.2, 0.25) is 11.8 Å². The molecule has 5 unspecified atom stereocenters. The number of alkyl halides is 1. The lowest BCUT2D eigenvalue weighted by Crippen LogP contribution is -2.65. The van der Waals surface area contributed by atoms with E-state index in [1.54, 1.807) is 0 Å². The number of carbonyl (C=O) groups is 2. The van der Waals surface area contributed by atoms with Crippen LogP contribution in [-0.4, -0.2) is 123 Å². The normalized spacial score (nSPS) is 33.2. The largest absolute Gasteiger partial charge is 0.350 e. The molecule has 1 spiro atoms. The Morgan fingerprint density at radius 3 is 2.33 bits per heavy atom. The Bertz CT molecular complexity index is 886. The maximum absolute atomic E-state index is 14.8. The van der Waals surface area contributed by atoms with E-state index < -0.39 is 18.3 Å². The Kier molecular flexibility index (Phi) is 11.1. The molecule has 5 atom stereocenters. The number of nitrogens with zero attached hydrogens (tertiary/aromatic N) is 3. The minimum atomic E-state index is -0.915. The quantitative estimate of drug-likeness (QED) is 0.284. The number of rotatable bonds is 6. The van der Waals surface area contributed by atoms with Gasteiger partial charge in [-0.1, -0.05) is 19.3 Å². The van der Waals surface area contributed by atoms with E-state index in [0.29, 0.717) is 18.9 Å². The second kappa shape index (κ2) is 14.6. The summed E-state index contributed by atoms with van der Waals surface area (Å²) in [5.41, 5.74) is 12.7. The number of likely N-dealkylation sites (N-methyl/N-ethyl adjacent to an activating group) is 1. The van der Waals surface area contributed by atoms with Gasteiger partial charge in [0, 0.05) is 57.3 Å². The molecule has 5 fully saturated rings. The minimum Gasteiger partial charge on any atom is -0.350 e. The first-order valence-electron chi connectivity index (χ1n) is 16.9. The summed E-state index contributed by atoms with van der Waals surface area (Å²) in [5.74, 6) is -0.335. The van der Waals surface area contributed by atoms with E-state index in [1.165, 1.54) is 19.3 Å². The molecule has 1 aliphatic carbocycles. The van der Waals surface area contributed by atoms with Gasteiger partial charge in [0.1, 0.15) is 6.17 Å². The Morgan fingerprint density at radius 1 is 0.929 bits per heavy atom. The number of nitrogens with two attached hydrogens (primary N) is 2.